The number of carboxylic acids is 1. The Bertz CT molecular complexity index is 612. The van der Waals surface area contributed by atoms with Crippen LogP contribution in [0.3, 0.4) is 0 Å². The van der Waals surface area contributed by atoms with E-state index in [1.807, 2.05) is 49.4 Å². The number of nitrogens with one attached hydrogen (secondary N) is 1. The van der Waals surface area contributed by atoms with Gasteiger partial charge in [0.15, 0.2) is 5.54 Å². The molecule has 21 heavy (non-hydrogen) atoms. The largest absolute Gasteiger partial charge is 0.491 e. The number of likely N-dealkylation sites (N-methyl/N-ethyl adjacent to an activating group) is 1. The average Bonchev–Trinajstić information content (AvgIpc) is 2.49. The zero-order valence-corrected chi connectivity index (χ0v) is 12.2. The number of aliphatic carboxylic acids is 1. The number of carboxylic acid groups (broad SMARTS) is 1. The van der Waals surface area contributed by atoms with Gasteiger partial charge < -0.3 is 9.84 Å². The van der Waals surface area contributed by atoms with Crippen molar-refractivity contribution in [1.29, 1.82) is 0 Å². The van der Waals surface area contributed by atoms with Gasteiger partial charge in [-0.25, -0.2) is 4.79 Å². The first-order valence-electron chi connectivity index (χ1n) is 6.76. The van der Waals surface area contributed by atoms with Crippen LogP contribution in [0.25, 0.3) is 0 Å². The van der Waals surface area contributed by atoms with Crippen molar-refractivity contribution in [2.75, 3.05) is 13.7 Å². The topological polar surface area (TPSA) is 58.6 Å². The molecule has 0 aromatic heterocycles. The molecule has 110 valence electrons. The second-order valence-corrected chi connectivity index (χ2v) is 4.93. The number of aryl methyl sites for hydroxylation is 1. The van der Waals surface area contributed by atoms with Crippen LogP contribution in [0.1, 0.15) is 11.1 Å². The minimum absolute atomic E-state index is 0.00625. The predicted octanol–water partition coefficient (Wildman–Crippen LogP) is 2.57. The van der Waals surface area contributed by atoms with Gasteiger partial charge in [0, 0.05) is 0 Å². The zero-order valence-electron chi connectivity index (χ0n) is 12.2. The maximum Gasteiger partial charge on any atom is 0.332 e. The van der Waals surface area contributed by atoms with Gasteiger partial charge in [-0.05, 0) is 37.2 Å². The first kappa shape index (κ1) is 15.1. The normalized spacial score (nSPS) is 13.4. The number of benzene rings is 2. The summed E-state index contributed by atoms with van der Waals surface area (Å²) in [6, 6.07) is 16.6. The highest BCUT2D eigenvalue weighted by Crippen LogP contribution is 2.23. The maximum atomic E-state index is 11.8. The molecule has 0 heterocycles. The van der Waals surface area contributed by atoms with E-state index >= 15 is 0 Å². The smallest absolute Gasteiger partial charge is 0.332 e. The Kier molecular flexibility index (Phi) is 4.60. The highest BCUT2D eigenvalue weighted by Gasteiger charge is 2.40. The number of hydrogen-bond donors (Lipinski definition) is 2. The lowest BCUT2D eigenvalue weighted by Gasteiger charge is -2.29. The van der Waals surface area contributed by atoms with E-state index in [1.165, 1.54) is 0 Å². The standard InChI is InChI=1S/C17H19NO3/c1-13-7-6-10-15(11-13)21-12-17(18-2,16(19)20)14-8-4-3-5-9-14/h3-11,18H,12H2,1-2H3,(H,19,20). The Morgan fingerprint density at radius 3 is 2.48 bits per heavy atom. The number of rotatable bonds is 6. The SMILES string of the molecule is CNC(COc1cccc(C)c1)(C(=O)O)c1ccccc1. The molecule has 0 saturated carbocycles. The van der Waals surface area contributed by atoms with Crippen LogP contribution >= 0.6 is 0 Å². The van der Waals surface area contributed by atoms with Crippen LogP contribution in [0.2, 0.25) is 0 Å². The third-order valence-corrected chi connectivity index (χ3v) is 3.50. The van der Waals surface area contributed by atoms with E-state index < -0.39 is 11.5 Å². The van der Waals surface area contributed by atoms with Gasteiger partial charge in [0.1, 0.15) is 12.4 Å². The number of hydrogen-bond acceptors (Lipinski definition) is 3. The summed E-state index contributed by atoms with van der Waals surface area (Å²) in [5.41, 5.74) is 0.454. The quantitative estimate of drug-likeness (QED) is 0.856. The van der Waals surface area contributed by atoms with Crippen molar-refractivity contribution in [3.05, 3.63) is 65.7 Å². The summed E-state index contributed by atoms with van der Waals surface area (Å²) in [5.74, 6) is -0.310. The molecule has 0 spiro atoms. The van der Waals surface area contributed by atoms with Gasteiger partial charge in [0.25, 0.3) is 0 Å². The number of ether oxygens (including phenoxy) is 1. The third kappa shape index (κ3) is 3.23. The van der Waals surface area contributed by atoms with Gasteiger partial charge in [-0.15, -0.1) is 0 Å². The fourth-order valence-electron chi connectivity index (χ4n) is 2.21. The van der Waals surface area contributed by atoms with E-state index in [-0.39, 0.29) is 6.61 Å². The Labute approximate surface area is 124 Å². The van der Waals surface area contributed by atoms with Crippen LogP contribution in [0.5, 0.6) is 5.75 Å². The summed E-state index contributed by atoms with van der Waals surface area (Å²) < 4.78 is 5.72. The number of carbonyl (C=O) groups is 1. The molecule has 0 aliphatic carbocycles. The minimum atomic E-state index is -1.27. The molecule has 4 heteroatoms. The summed E-state index contributed by atoms with van der Waals surface area (Å²) in [6.07, 6.45) is 0. The van der Waals surface area contributed by atoms with Gasteiger partial charge in [-0.2, -0.15) is 0 Å². The summed E-state index contributed by atoms with van der Waals surface area (Å²) in [5, 5.41) is 12.6. The molecule has 4 nitrogen and oxygen atoms in total. The van der Waals surface area contributed by atoms with Crippen LogP contribution in [0, 0.1) is 6.92 Å². The molecule has 1 atom stereocenters. The minimum Gasteiger partial charge on any atom is -0.491 e. The summed E-state index contributed by atoms with van der Waals surface area (Å²) in [4.78, 5) is 11.8. The Balaban J connectivity index is 2.27. The zero-order chi connectivity index (χ0) is 15.3. The fraction of sp³-hybridized carbons (Fsp3) is 0.235. The second kappa shape index (κ2) is 6.41. The van der Waals surface area contributed by atoms with Crippen molar-refractivity contribution in [2.24, 2.45) is 0 Å². The van der Waals surface area contributed by atoms with E-state index in [0.717, 1.165) is 5.56 Å². The molecule has 2 aromatic carbocycles. The van der Waals surface area contributed by atoms with Crippen molar-refractivity contribution >= 4 is 5.97 Å². The van der Waals surface area contributed by atoms with E-state index in [0.29, 0.717) is 11.3 Å². The van der Waals surface area contributed by atoms with Gasteiger partial charge in [0.2, 0.25) is 0 Å². The maximum absolute atomic E-state index is 11.8. The lowest BCUT2D eigenvalue weighted by Crippen LogP contribution is -2.52. The highest BCUT2D eigenvalue weighted by atomic mass is 16.5. The highest BCUT2D eigenvalue weighted by molar-refractivity contribution is 5.81. The molecule has 0 aliphatic rings. The van der Waals surface area contributed by atoms with Gasteiger partial charge in [0.05, 0.1) is 0 Å². The van der Waals surface area contributed by atoms with Crippen LogP contribution < -0.4 is 10.1 Å². The molecule has 0 radical (unpaired) electrons. The van der Waals surface area contributed by atoms with Crippen LogP contribution in [0.15, 0.2) is 54.6 Å². The molecule has 2 aromatic rings. The van der Waals surface area contributed by atoms with Crippen LogP contribution in [-0.2, 0) is 10.3 Å². The summed E-state index contributed by atoms with van der Waals surface area (Å²) in [6.45, 7) is 1.97. The van der Waals surface area contributed by atoms with Gasteiger partial charge >= 0.3 is 5.97 Å². The molecule has 1 unspecified atom stereocenters. The average molecular weight is 285 g/mol. The summed E-state index contributed by atoms with van der Waals surface area (Å²) >= 11 is 0. The molecule has 0 saturated heterocycles. The molecule has 0 amide bonds. The molecule has 2 N–H and O–H groups in total. The van der Waals surface area contributed by atoms with Crippen molar-refractivity contribution in [3.8, 4) is 5.75 Å². The Morgan fingerprint density at radius 1 is 1.19 bits per heavy atom. The van der Waals surface area contributed by atoms with Crippen molar-refractivity contribution in [2.45, 2.75) is 12.5 Å². The first-order valence-corrected chi connectivity index (χ1v) is 6.76. The Morgan fingerprint density at radius 2 is 1.90 bits per heavy atom. The Hall–Kier alpha value is -2.33. The molecule has 2 rings (SSSR count). The van der Waals surface area contributed by atoms with E-state index in [4.69, 9.17) is 4.74 Å². The van der Waals surface area contributed by atoms with Gasteiger partial charge in [-0.3, -0.25) is 5.32 Å². The molecule has 0 bridgehead atoms. The van der Waals surface area contributed by atoms with Crippen LogP contribution in [0.4, 0.5) is 0 Å². The fourth-order valence-corrected chi connectivity index (χ4v) is 2.21. The predicted molar refractivity (Wildman–Crippen MR) is 81.5 cm³/mol. The monoisotopic (exact) mass is 285 g/mol. The van der Waals surface area contributed by atoms with Gasteiger partial charge in [-0.1, -0.05) is 42.5 Å². The summed E-state index contributed by atoms with van der Waals surface area (Å²) in [7, 11) is 1.63. The first-order chi connectivity index (χ1) is 10.1. The van der Waals surface area contributed by atoms with Crippen LogP contribution in [-0.4, -0.2) is 24.7 Å². The van der Waals surface area contributed by atoms with Crippen molar-refractivity contribution in [3.63, 3.8) is 0 Å². The molecular formula is C17H19NO3. The molecular weight excluding hydrogens is 266 g/mol. The lowest BCUT2D eigenvalue weighted by molar-refractivity contribution is -0.146. The molecule has 0 aliphatic heterocycles. The second-order valence-electron chi connectivity index (χ2n) is 4.93. The van der Waals surface area contributed by atoms with E-state index in [1.54, 1.807) is 19.2 Å². The van der Waals surface area contributed by atoms with E-state index in [9.17, 15) is 9.90 Å². The lowest BCUT2D eigenvalue weighted by atomic mass is 9.91. The third-order valence-electron chi connectivity index (χ3n) is 3.50. The van der Waals surface area contributed by atoms with E-state index in [2.05, 4.69) is 5.32 Å². The van der Waals surface area contributed by atoms with Crippen molar-refractivity contribution < 1.29 is 14.6 Å². The molecule has 0 fully saturated rings. The van der Waals surface area contributed by atoms with Crippen molar-refractivity contribution in [1.82, 2.24) is 5.32 Å².